The van der Waals surface area contributed by atoms with E-state index in [0.717, 1.165) is 34.4 Å². The molecule has 0 spiro atoms. The summed E-state index contributed by atoms with van der Waals surface area (Å²) in [7, 11) is 2.06. The van der Waals surface area contributed by atoms with Gasteiger partial charge in [-0.2, -0.15) is 0 Å². The van der Waals surface area contributed by atoms with Gasteiger partial charge in [-0.05, 0) is 46.5 Å². The Morgan fingerprint density at radius 3 is 1.98 bits per heavy atom. The van der Waals surface area contributed by atoms with E-state index in [4.69, 9.17) is 9.47 Å². The summed E-state index contributed by atoms with van der Waals surface area (Å²) in [6.45, 7) is 3.25. The normalized spacial score (nSPS) is 18.8. The number of benzene rings is 5. The Morgan fingerprint density at radius 2 is 1.33 bits per heavy atom. The molecule has 6 nitrogen and oxygen atoms in total. The van der Waals surface area contributed by atoms with E-state index in [2.05, 4.69) is 36.3 Å². The van der Waals surface area contributed by atoms with Gasteiger partial charge in [0.15, 0.2) is 29.6 Å². The van der Waals surface area contributed by atoms with Crippen LogP contribution in [0.4, 0.5) is 22.0 Å². The second kappa shape index (κ2) is 16.2. The van der Waals surface area contributed by atoms with Gasteiger partial charge in [0.05, 0.1) is 18.8 Å². The number of amides is 1. The molecule has 1 aliphatic rings. The number of aliphatic hydroxyl groups excluding tert-OH is 1. The molecule has 270 valence electrons. The Balaban J connectivity index is 1.18. The minimum atomic E-state index is -2.33. The van der Waals surface area contributed by atoms with Crippen molar-refractivity contribution < 1.29 is 41.3 Å². The predicted molar refractivity (Wildman–Crippen MR) is 185 cm³/mol. The summed E-state index contributed by atoms with van der Waals surface area (Å²) in [5, 5.41) is 11.8. The molecule has 0 saturated carbocycles. The largest absolute Gasteiger partial charge is 0.392 e. The van der Waals surface area contributed by atoms with Crippen LogP contribution in [0.1, 0.15) is 57.5 Å². The van der Waals surface area contributed by atoms with Crippen LogP contribution in [0.25, 0.3) is 11.1 Å². The van der Waals surface area contributed by atoms with Crippen molar-refractivity contribution in [3.05, 3.63) is 166 Å². The Morgan fingerprint density at radius 1 is 0.712 bits per heavy atom. The predicted octanol–water partition coefficient (Wildman–Crippen LogP) is 8.39. The smallest absolute Gasteiger partial charge is 0.257 e. The summed E-state index contributed by atoms with van der Waals surface area (Å²) in [6.07, 6.45) is -1.13. The van der Waals surface area contributed by atoms with Crippen LogP contribution < -0.4 is 5.32 Å². The number of likely N-dealkylation sites (N-methyl/N-ethyl adjacent to an activating group) is 1. The Hall–Kier alpha value is -4.94. The fourth-order valence-electron chi connectivity index (χ4n) is 6.36. The maximum Gasteiger partial charge on any atom is 0.257 e. The van der Waals surface area contributed by atoms with E-state index >= 15 is 0 Å². The quantitative estimate of drug-likeness (QED) is 0.0817. The third kappa shape index (κ3) is 8.08. The molecule has 0 aromatic heterocycles. The fourth-order valence-corrected chi connectivity index (χ4v) is 6.36. The molecule has 1 aliphatic heterocycles. The second-order valence-electron chi connectivity index (χ2n) is 13.0. The highest BCUT2D eigenvalue weighted by Crippen LogP contribution is 2.42. The lowest BCUT2D eigenvalue weighted by Gasteiger charge is -2.42. The maximum absolute atomic E-state index is 14.1. The van der Waals surface area contributed by atoms with Crippen LogP contribution in [0.2, 0.25) is 0 Å². The van der Waals surface area contributed by atoms with Crippen molar-refractivity contribution in [3.63, 3.8) is 0 Å². The molecule has 1 heterocycles. The standard InChI is InChI=1S/C41H37F5N2O4/c1-24-32(22-48(2)21-25-7-4-3-5-8-25)51-41(52-39(24)29-13-11-26(23-49)12-14-29)30-17-15-28(16-18-30)31-10-6-9-27(19-31)20-47-40(50)33-34(42)36(44)38(46)37(45)35(33)43/h3-19,24,32,39,41,49H,20-23H2,1-2H3,(H,47,50). The maximum atomic E-state index is 14.1. The van der Waals surface area contributed by atoms with Gasteiger partial charge in [-0.25, -0.2) is 22.0 Å². The summed E-state index contributed by atoms with van der Waals surface area (Å²) in [5.74, 6) is -12.5. The summed E-state index contributed by atoms with van der Waals surface area (Å²) in [5.41, 5.74) is 4.35. The summed E-state index contributed by atoms with van der Waals surface area (Å²) >= 11 is 0. The second-order valence-corrected chi connectivity index (χ2v) is 13.0. The third-order valence-electron chi connectivity index (χ3n) is 9.24. The molecule has 5 aromatic carbocycles. The average Bonchev–Trinajstić information content (AvgIpc) is 3.17. The van der Waals surface area contributed by atoms with Crippen molar-refractivity contribution in [1.82, 2.24) is 10.2 Å². The molecule has 11 heteroatoms. The average molecular weight is 717 g/mol. The lowest BCUT2D eigenvalue weighted by molar-refractivity contribution is -0.276. The number of ether oxygens (including phenoxy) is 2. The number of aliphatic hydroxyl groups is 1. The molecule has 1 fully saturated rings. The van der Waals surface area contributed by atoms with Crippen molar-refractivity contribution in [3.8, 4) is 11.1 Å². The Bertz CT molecular complexity index is 1980. The minimum absolute atomic E-state index is 0.00560. The van der Waals surface area contributed by atoms with E-state index in [1.807, 2.05) is 72.8 Å². The first-order valence-corrected chi connectivity index (χ1v) is 16.8. The Kier molecular flexibility index (Phi) is 11.5. The van der Waals surface area contributed by atoms with Crippen molar-refractivity contribution in [1.29, 1.82) is 0 Å². The number of halogens is 5. The van der Waals surface area contributed by atoms with Gasteiger partial charge in [0.25, 0.3) is 5.91 Å². The molecule has 4 atom stereocenters. The number of carbonyl (C=O) groups is 1. The van der Waals surface area contributed by atoms with Crippen LogP contribution in [0.5, 0.6) is 0 Å². The third-order valence-corrected chi connectivity index (χ3v) is 9.24. The first-order chi connectivity index (χ1) is 25.0. The van der Waals surface area contributed by atoms with Crippen LogP contribution in [-0.2, 0) is 29.2 Å². The number of carbonyl (C=O) groups excluding carboxylic acids is 1. The molecule has 1 saturated heterocycles. The zero-order chi connectivity index (χ0) is 36.9. The fraction of sp³-hybridized carbons (Fsp3) is 0.244. The first kappa shape index (κ1) is 36.8. The van der Waals surface area contributed by atoms with E-state index in [1.165, 1.54) is 5.56 Å². The van der Waals surface area contributed by atoms with Crippen LogP contribution >= 0.6 is 0 Å². The zero-order valence-corrected chi connectivity index (χ0v) is 28.5. The number of nitrogens with zero attached hydrogens (tertiary/aromatic N) is 1. The van der Waals surface area contributed by atoms with Gasteiger partial charge < -0.3 is 19.9 Å². The minimum Gasteiger partial charge on any atom is -0.392 e. The molecular weight excluding hydrogens is 679 g/mol. The van der Waals surface area contributed by atoms with E-state index in [0.29, 0.717) is 12.1 Å². The van der Waals surface area contributed by atoms with E-state index in [-0.39, 0.29) is 31.3 Å². The molecule has 0 radical (unpaired) electrons. The van der Waals surface area contributed by atoms with Gasteiger partial charge in [0.1, 0.15) is 5.56 Å². The lowest BCUT2D eigenvalue weighted by atomic mass is 9.90. The summed E-state index contributed by atoms with van der Waals surface area (Å²) in [4.78, 5) is 14.7. The number of nitrogens with one attached hydrogen (secondary N) is 1. The van der Waals surface area contributed by atoms with Gasteiger partial charge in [0.2, 0.25) is 5.82 Å². The van der Waals surface area contributed by atoms with Crippen molar-refractivity contribution in [2.24, 2.45) is 5.92 Å². The molecule has 1 amide bonds. The topological polar surface area (TPSA) is 71.0 Å². The van der Waals surface area contributed by atoms with Crippen molar-refractivity contribution >= 4 is 5.91 Å². The van der Waals surface area contributed by atoms with Crippen LogP contribution in [-0.4, -0.2) is 35.6 Å². The number of hydrogen-bond donors (Lipinski definition) is 2. The monoisotopic (exact) mass is 716 g/mol. The van der Waals surface area contributed by atoms with E-state index < -0.39 is 46.8 Å². The Labute approximate surface area is 298 Å². The highest BCUT2D eigenvalue weighted by Gasteiger charge is 2.39. The van der Waals surface area contributed by atoms with Gasteiger partial charge in [-0.1, -0.05) is 104 Å². The van der Waals surface area contributed by atoms with Gasteiger partial charge in [0, 0.05) is 31.1 Å². The lowest BCUT2D eigenvalue weighted by Crippen LogP contribution is -2.43. The molecule has 6 rings (SSSR count). The summed E-state index contributed by atoms with van der Waals surface area (Å²) < 4.78 is 82.2. The highest BCUT2D eigenvalue weighted by atomic mass is 19.2. The van der Waals surface area contributed by atoms with Crippen LogP contribution in [0, 0.1) is 35.0 Å². The SMILES string of the molecule is CC1C(CN(C)Cc2ccccc2)OC(c2ccc(-c3cccc(CNC(=O)c4c(F)c(F)c(F)c(F)c4F)c3)cc2)OC1c1ccc(CO)cc1. The van der Waals surface area contributed by atoms with Crippen molar-refractivity contribution in [2.45, 2.75) is 45.1 Å². The van der Waals surface area contributed by atoms with Gasteiger partial charge in [-0.3, -0.25) is 9.69 Å². The zero-order valence-electron chi connectivity index (χ0n) is 28.5. The molecular formula is C41H37F5N2O4. The van der Waals surface area contributed by atoms with Crippen LogP contribution in [0.15, 0.2) is 103 Å². The molecule has 4 unspecified atom stereocenters. The summed E-state index contributed by atoms with van der Waals surface area (Å²) in [6, 6.07) is 32.5. The van der Waals surface area contributed by atoms with Gasteiger partial charge >= 0.3 is 0 Å². The molecule has 0 aliphatic carbocycles. The van der Waals surface area contributed by atoms with Gasteiger partial charge in [-0.15, -0.1) is 0 Å². The number of rotatable bonds is 11. The van der Waals surface area contributed by atoms with Crippen molar-refractivity contribution in [2.75, 3.05) is 13.6 Å². The van der Waals surface area contributed by atoms with E-state index in [9.17, 15) is 31.9 Å². The van der Waals surface area contributed by atoms with E-state index in [1.54, 1.807) is 18.2 Å². The molecule has 5 aromatic rings. The first-order valence-electron chi connectivity index (χ1n) is 16.8. The molecule has 0 bridgehead atoms. The molecule has 2 N–H and O–H groups in total. The highest BCUT2D eigenvalue weighted by molar-refractivity contribution is 5.94. The number of hydrogen-bond acceptors (Lipinski definition) is 5. The van der Waals surface area contributed by atoms with Crippen LogP contribution in [0.3, 0.4) is 0 Å². The molecule has 52 heavy (non-hydrogen) atoms.